The van der Waals surface area contributed by atoms with Crippen LogP contribution in [0.2, 0.25) is 0 Å². The van der Waals surface area contributed by atoms with Crippen molar-refractivity contribution in [3.05, 3.63) is 0 Å². The van der Waals surface area contributed by atoms with Crippen LogP contribution < -0.4 is 0 Å². The van der Waals surface area contributed by atoms with Gasteiger partial charge in [0.2, 0.25) is 0 Å². The smallest absolute Gasteiger partial charge is 0.475 e. The van der Waals surface area contributed by atoms with Crippen molar-refractivity contribution in [2.24, 2.45) is 0 Å². The van der Waals surface area contributed by atoms with E-state index in [1.807, 2.05) is 0 Å². The molecule has 0 amide bonds. The Bertz CT molecular complexity index is 218. The molecule has 0 atom stereocenters. The van der Waals surface area contributed by atoms with E-state index in [0.717, 1.165) is 0 Å². The Morgan fingerprint density at radius 2 is 1.39 bits per heavy atom. The maximum absolute atomic E-state index is 10.6. The Kier molecular flexibility index (Phi) is 10.7. The number of hydrogen-bond acceptors (Lipinski definition) is 1. The zero-order valence-electron chi connectivity index (χ0n) is 11.7. The van der Waals surface area contributed by atoms with Crippen molar-refractivity contribution in [2.75, 3.05) is 24.6 Å². The third kappa shape index (κ3) is 8.73. The number of halogens is 3. The van der Waals surface area contributed by atoms with Crippen LogP contribution in [0.1, 0.15) is 40.5 Å². The van der Waals surface area contributed by atoms with Crippen molar-refractivity contribution in [2.45, 2.75) is 46.7 Å². The maximum atomic E-state index is 10.6. The van der Waals surface area contributed by atoms with Crippen LogP contribution in [-0.4, -0.2) is 41.9 Å². The van der Waals surface area contributed by atoms with Gasteiger partial charge in [-0.3, -0.25) is 0 Å². The minimum Gasteiger partial charge on any atom is -0.475 e. The Morgan fingerprint density at radius 1 is 1.06 bits per heavy atom. The Labute approximate surface area is 108 Å². The van der Waals surface area contributed by atoms with Crippen LogP contribution in [0, 0.1) is 0 Å². The quantitative estimate of drug-likeness (QED) is 0.743. The molecule has 18 heavy (non-hydrogen) atoms. The van der Waals surface area contributed by atoms with Gasteiger partial charge in [-0.05, 0) is 0 Å². The second kappa shape index (κ2) is 9.60. The van der Waals surface area contributed by atoms with Gasteiger partial charge >= 0.3 is 84.6 Å². The molecule has 0 heterocycles. The number of hydrogen-bond donors (Lipinski definition) is 1. The van der Waals surface area contributed by atoms with Crippen LogP contribution in [0.25, 0.3) is 0 Å². The van der Waals surface area contributed by atoms with E-state index in [1.165, 1.54) is 31.3 Å². The summed E-state index contributed by atoms with van der Waals surface area (Å²) < 4.78 is 31.7. The number of rotatable bonds is 6. The van der Waals surface area contributed by atoms with E-state index < -0.39 is 19.4 Å². The van der Waals surface area contributed by atoms with Gasteiger partial charge in [-0.1, -0.05) is 0 Å². The summed E-state index contributed by atoms with van der Waals surface area (Å²) in [6.07, 6.45) is 3.85. The first kappa shape index (κ1) is 20.0. The summed E-state index contributed by atoms with van der Waals surface area (Å²) in [7, 11) is -0.738. The SMILES string of the molecule is CCCC[PH](CC)(CC)CC.O=C(O)C(F)(F)F. The van der Waals surface area contributed by atoms with Gasteiger partial charge in [-0.25, -0.2) is 4.79 Å². The van der Waals surface area contributed by atoms with Crippen LogP contribution in [-0.2, 0) is 4.79 Å². The molecule has 112 valence electrons. The van der Waals surface area contributed by atoms with Crippen LogP contribution in [0.4, 0.5) is 13.2 Å². The molecule has 0 rings (SSSR count). The van der Waals surface area contributed by atoms with Gasteiger partial charge in [-0.2, -0.15) is 13.2 Å². The van der Waals surface area contributed by atoms with E-state index in [-0.39, 0.29) is 0 Å². The molecule has 0 saturated carbocycles. The summed E-state index contributed by atoms with van der Waals surface area (Å²) >= 11 is 0. The van der Waals surface area contributed by atoms with Gasteiger partial charge in [0.25, 0.3) is 0 Å². The van der Waals surface area contributed by atoms with Crippen molar-refractivity contribution in [1.82, 2.24) is 0 Å². The molecule has 0 aliphatic rings. The Morgan fingerprint density at radius 3 is 1.56 bits per heavy atom. The van der Waals surface area contributed by atoms with Crippen LogP contribution in [0.5, 0.6) is 0 Å². The number of carboxylic acids is 1. The average molecular weight is 290 g/mol. The molecule has 6 heteroatoms. The van der Waals surface area contributed by atoms with Crippen LogP contribution >= 0.6 is 7.26 Å². The van der Waals surface area contributed by atoms with Gasteiger partial charge in [0, 0.05) is 0 Å². The fraction of sp³-hybridized carbons (Fsp3) is 0.917. The molecule has 0 unspecified atom stereocenters. The third-order valence-corrected chi connectivity index (χ3v) is 9.47. The third-order valence-electron chi connectivity index (χ3n) is 3.55. The monoisotopic (exact) mass is 290 g/mol. The summed E-state index contributed by atoms with van der Waals surface area (Å²) in [6, 6.07) is 0. The predicted molar refractivity (Wildman–Crippen MR) is 73.4 cm³/mol. The number of alkyl halides is 3. The first-order chi connectivity index (χ1) is 8.19. The van der Waals surface area contributed by atoms with E-state index in [0.29, 0.717) is 0 Å². The van der Waals surface area contributed by atoms with E-state index in [2.05, 4.69) is 27.7 Å². The summed E-state index contributed by atoms with van der Waals surface area (Å²) in [5.74, 6) is -2.76. The minimum atomic E-state index is -5.08. The second-order valence-electron chi connectivity index (χ2n) is 4.47. The molecule has 0 aromatic carbocycles. The first-order valence-corrected chi connectivity index (χ1v) is 9.32. The van der Waals surface area contributed by atoms with Gasteiger partial charge in [0.15, 0.2) is 0 Å². The predicted octanol–water partition coefficient (Wildman–Crippen LogP) is 4.23. The topological polar surface area (TPSA) is 37.3 Å². The van der Waals surface area contributed by atoms with E-state index >= 15 is 0 Å². The first-order valence-electron chi connectivity index (χ1n) is 6.49. The summed E-state index contributed by atoms with van der Waals surface area (Å²) in [4.78, 5) is 8.90. The standard InChI is InChI=1S/C10H25P.C2HF3O2/c1-5-9-10-11(6-2,7-3)8-4;3-2(4,5)1(6)7/h11H,5-10H2,1-4H3;(H,6,7). The summed E-state index contributed by atoms with van der Waals surface area (Å²) in [5.41, 5.74) is 0. The molecule has 0 bridgehead atoms. The largest absolute Gasteiger partial charge is 0.490 e. The molecule has 0 saturated heterocycles. The number of unbranched alkanes of at least 4 members (excludes halogenated alkanes) is 1. The van der Waals surface area contributed by atoms with Crippen LogP contribution in [0.3, 0.4) is 0 Å². The zero-order valence-corrected chi connectivity index (χ0v) is 12.7. The minimum absolute atomic E-state index is 0.738. The molecule has 1 N–H and O–H groups in total. The summed E-state index contributed by atoms with van der Waals surface area (Å²) in [5, 5.41) is 7.12. The molecule has 2 nitrogen and oxygen atoms in total. The van der Waals surface area contributed by atoms with Crippen molar-refractivity contribution in [1.29, 1.82) is 0 Å². The molecule has 0 aliphatic carbocycles. The summed E-state index contributed by atoms with van der Waals surface area (Å²) in [6.45, 7) is 9.50. The van der Waals surface area contributed by atoms with E-state index in [1.54, 1.807) is 6.16 Å². The van der Waals surface area contributed by atoms with Crippen molar-refractivity contribution >= 4 is 13.2 Å². The fourth-order valence-electron chi connectivity index (χ4n) is 1.83. The zero-order chi connectivity index (χ0) is 14.8. The van der Waals surface area contributed by atoms with Crippen molar-refractivity contribution in [3.8, 4) is 0 Å². The normalized spacial score (nSPS) is 12.6. The van der Waals surface area contributed by atoms with Gasteiger partial charge in [-0.15, -0.1) is 0 Å². The van der Waals surface area contributed by atoms with Crippen molar-refractivity contribution in [3.63, 3.8) is 0 Å². The molecule has 0 aromatic heterocycles. The number of carboxylic acid groups (broad SMARTS) is 1. The Hall–Kier alpha value is -0.310. The molecule has 0 aromatic rings. The van der Waals surface area contributed by atoms with Crippen LogP contribution in [0.15, 0.2) is 0 Å². The number of aliphatic carboxylic acids is 1. The number of carbonyl (C=O) groups is 1. The van der Waals surface area contributed by atoms with Gasteiger partial charge < -0.3 is 5.11 Å². The molecule has 0 spiro atoms. The van der Waals surface area contributed by atoms with Crippen molar-refractivity contribution < 1.29 is 23.1 Å². The Balaban J connectivity index is 0. The fourth-order valence-corrected chi connectivity index (χ4v) is 5.50. The van der Waals surface area contributed by atoms with E-state index in [4.69, 9.17) is 9.90 Å². The molecule has 0 fully saturated rings. The molecule has 0 aliphatic heterocycles. The second-order valence-corrected chi connectivity index (χ2v) is 10.1. The molecular formula is C12H26F3O2P. The van der Waals surface area contributed by atoms with Gasteiger partial charge in [0.05, 0.1) is 0 Å². The van der Waals surface area contributed by atoms with E-state index in [9.17, 15) is 13.2 Å². The molecule has 0 radical (unpaired) electrons. The molecular weight excluding hydrogens is 264 g/mol. The van der Waals surface area contributed by atoms with Gasteiger partial charge in [0.1, 0.15) is 0 Å². The average Bonchev–Trinajstić information content (AvgIpc) is 2.31. The maximum Gasteiger partial charge on any atom is 0.490 e.